The summed E-state index contributed by atoms with van der Waals surface area (Å²) in [7, 11) is 0. The molecule has 0 spiro atoms. The topological polar surface area (TPSA) is 47.9 Å². The summed E-state index contributed by atoms with van der Waals surface area (Å²) in [6.45, 7) is 4.36. The van der Waals surface area contributed by atoms with Gasteiger partial charge in [0.2, 0.25) is 0 Å². The summed E-state index contributed by atoms with van der Waals surface area (Å²) in [5.74, 6) is 0. The summed E-state index contributed by atoms with van der Waals surface area (Å²) in [4.78, 5) is 4.18. The van der Waals surface area contributed by atoms with E-state index in [-0.39, 0.29) is 6.15 Å². The molecule has 0 radical (unpaired) electrons. The molecule has 1 heterocycles. The van der Waals surface area contributed by atoms with Crippen LogP contribution >= 0.6 is 0 Å². The van der Waals surface area contributed by atoms with Crippen molar-refractivity contribution in [1.82, 2.24) is 11.1 Å². The number of fused-ring (bicyclic) bond motifs is 1. The fourth-order valence-electron chi connectivity index (χ4n) is 1.02. The quantitative estimate of drug-likeness (QED) is 0.756. The standard InChI is InChI=1S/C9H7N.C4H10.H3N/c1-2-6-9-8(4-1)5-3-7-10-9;1-3-4-2;/h1-7H;3-4H2,1-2H3;1H3. The molecule has 1 aromatic carbocycles. The van der Waals surface area contributed by atoms with Gasteiger partial charge in [-0.2, -0.15) is 0 Å². The molecule has 0 aliphatic heterocycles. The zero-order valence-electron chi connectivity index (χ0n) is 9.61. The fraction of sp³-hybridized carbons (Fsp3) is 0.308. The Morgan fingerprint density at radius 1 is 0.933 bits per heavy atom. The van der Waals surface area contributed by atoms with Crippen molar-refractivity contribution in [3.63, 3.8) is 0 Å². The summed E-state index contributed by atoms with van der Waals surface area (Å²) >= 11 is 0. The second-order valence-electron chi connectivity index (χ2n) is 3.20. The van der Waals surface area contributed by atoms with Gasteiger partial charge in [-0.3, -0.25) is 4.98 Å². The normalized spacial score (nSPS) is 8.67. The molecule has 0 aliphatic carbocycles. The number of hydrogen-bond acceptors (Lipinski definition) is 2. The molecule has 15 heavy (non-hydrogen) atoms. The van der Waals surface area contributed by atoms with Crippen molar-refractivity contribution in [3.8, 4) is 0 Å². The van der Waals surface area contributed by atoms with E-state index in [1.165, 1.54) is 18.2 Å². The average Bonchev–Trinajstić information content (AvgIpc) is 2.30. The predicted molar refractivity (Wildman–Crippen MR) is 67.3 cm³/mol. The Labute approximate surface area is 91.9 Å². The van der Waals surface area contributed by atoms with Crippen LogP contribution in [0.1, 0.15) is 26.7 Å². The van der Waals surface area contributed by atoms with E-state index >= 15 is 0 Å². The first-order valence-corrected chi connectivity index (χ1v) is 5.18. The second kappa shape index (κ2) is 7.94. The average molecular weight is 204 g/mol. The molecule has 0 atom stereocenters. The van der Waals surface area contributed by atoms with Crippen molar-refractivity contribution < 1.29 is 0 Å². The van der Waals surface area contributed by atoms with Crippen LogP contribution in [0.4, 0.5) is 0 Å². The van der Waals surface area contributed by atoms with E-state index in [2.05, 4.69) is 31.0 Å². The van der Waals surface area contributed by atoms with Crippen molar-refractivity contribution in [2.24, 2.45) is 0 Å². The molecule has 3 N–H and O–H groups in total. The Morgan fingerprint density at radius 3 is 2.13 bits per heavy atom. The molecule has 2 heteroatoms. The van der Waals surface area contributed by atoms with Gasteiger partial charge in [0.15, 0.2) is 0 Å². The maximum absolute atomic E-state index is 4.18. The van der Waals surface area contributed by atoms with Crippen molar-refractivity contribution in [2.75, 3.05) is 0 Å². The summed E-state index contributed by atoms with van der Waals surface area (Å²) in [6.07, 6.45) is 4.45. The van der Waals surface area contributed by atoms with Crippen LogP contribution in [0.3, 0.4) is 0 Å². The van der Waals surface area contributed by atoms with Crippen molar-refractivity contribution in [1.29, 1.82) is 0 Å². The van der Waals surface area contributed by atoms with E-state index in [1.807, 2.05) is 30.5 Å². The molecule has 0 fully saturated rings. The lowest BCUT2D eigenvalue weighted by atomic mass is 10.2. The minimum Gasteiger partial charge on any atom is -0.344 e. The summed E-state index contributed by atoms with van der Waals surface area (Å²) in [5, 5.41) is 1.20. The monoisotopic (exact) mass is 204 g/mol. The Bertz CT molecular complexity index is 304. The van der Waals surface area contributed by atoms with Crippen LogP contribution in [0.2, 0.25) is 0 Å². The van der Waals surface area contributed by atoms with Gasteiger partial charge in [0, 0.05) is 11.6 Å². The molecule has 0 aliphatic rings. The van der Waals surface area contributed by atoms with Crippen molar-refractivity contribution in [2.45, 2.75) is 26.7 Å². The van der Waals surface area contributed by atoms with Gasteiger partial charge in [-0.15, -0.1) is 0 Å². The van der Waals surface area contributed by atoms with Gasteiger partial charge in [0.05, 0.1) is 5.52 Å². The van der Waals surface area contributed by atoms with E-state index in [1.54, 1.807) is 0 Å². The minimum absolute atomic E-state index is 0. The number of para-hydroxylation sites is 1. The highest BCUT2D eigenvalue weighted by molar-refractivity contribution is 5.77. The summed E-state index contributed by atoms with van der Waals surface area (Å²) in [5.41, 5.74) is 1.06. The summed E-state index contributed by atoms with van der Waals surface area (Å²) < 4.78 is 0. The van der Waals surface area contributed by atoms with Crippen LogP contribution < -0.4 is 6.15 Å². The van der Waals surface area contributed by atoms with Gasteiger partial charge >= 0.3 is 0 Å². The number of unbranched alkanes of at least 4 members (excludes halogenated alkanes) is 1. The molecule has 0 bridgehead atoms. The van der Waals surface area contributed by atoms with E-state index in [4.69, 9.17) is 0 Å². The van der Waals surface area contributed by atoms with E-state index < -0.39 is 0 Å². The lowest BCUT2D eigenvalue weighted by Crippen LogP contribution is -1.73. The smallest absolute Gasteiger partial charge is 0.0701 e. The zero-order valence-corrected chi connectivity index (χ0v) is 9.61. The first kappa shape index (κ1) is 13.6. The second-order valence-corrected chi connectivity index (χ2v) is 3.20. The zero-order chi connectivity index (χ0) is 10.2. The molecule has 0 saturated heterocycles. The van der Waals surface area contributed by atoms with Crippen LogP contribution in [-0.4, -0.2) is 4.98 Å². The van der Waals surface area contributed by atoms with Gasteiger partial charge in [-0.25, -0.2) is 0 Å². The molecule has 0 saturated carbocycles. The number of hydrogen-bond donors (Lipinski definition) is 1. The van der Waals surface area contributed by atoms with Crippen LogP contribution in [0.25, 0.3) is 10.9 Å². The third kappa shape index (κ3) is 4.56. The third-order valence-corrected chi connectivity index (χ3v) is 2.01. The van der Waals surface area contributed by atoms with Crippen molar-refractivity contribution in [3.05, 3.63) is 42.6 Å². The SMILES string of the molecule is CCCC.N.c1ccc2ncccc2c1. The maximum atomic E-state index is 4.18. The largest absolute Gasteiger partial charge is 0.344 e. The highest BCUT2D eigenvalue weighted by atomic mass is 14.6. The number of nitrogens with zero attached hydrogens (tertiary/aromatic N) is 1. The molecular weight excluding hydrogens is 184 g/mol. The van der Waals surface area contributed by atoms with Gasteiger partial charge in [0.1, 0.15) is 0 Å². The number of pyridine rings is 1. The lowest BCUT2D eigenvalue weighted by molar-refractivity contribution is 0.886. The van der Waals surface area contributed by atoms with Gasteiger partial charge < -0.3 is 6.15 Å². The Hall–Kier alpha value is -1.41. The van der Waals surface area contributed by atoms with Crippen LogP contribution in [0.5, 0.6) is 0 Å². The van der Waals surface area contributed by atoms with E-state index in [9.17, 15) is 0 Å². The number of aromatic nitrogens is 1. The molecule has 2 aromatic rings. The molecule has 2 rings (SSSR count). The minimum atomic E-state index is 0. The summed E-state index contributed by atoms with van der Waals surface area (Å²) in [6, 6.07) is 12.1. The van der Waals surface area contributed by atoms with Crippen LogP contribution in [0.15, 0.2) is 42.6 Å². The lowest BCUT2D eigenvalue weighted by Gasteiger charge is -1.91. The van der Waals surface area contributed by atoms with Gasteiger partial charge in [-0.05, 0) is 12.1 Å². The van der Waals surface area contributed by atoms with E-state index in [0.29, 0.717) is 0 Å². The molecular formula is C13H20N2. The number of rotatable bonds is 1. The predicted octanol–water partition coefficient (Wildman–Crippen LogP) is 4.20. The van der Waals surface area contributed by atoms with Crippen LogP contribution in [0, 0.1) is 0 Å². The molecule has 1 aromatic heterocycles. The third-order valence-electron chi connectivity index (χ3n) is 2.01. The first-order valence-electron chi connectivity index (χ1n) is 5.18. The van der Waals surface area contributed by atoms with Gasteiger partial charge in [-0.1, -0.05) is 51.0 Å². The highest BCUT2D eigenvalue weighted by Gasteiger charge is 1.86. The molecule has 0 amide bonds. The van der Waals surface area contributed by atoms with Crippen LogP contribution in [-0.2, 0) is 0 Å². The maximum Gasteiger partial charge on any atom is 0.0701 e. The molecule has 2 nitrogen and oxygen atoms in total. The highest BCUT2D eigenvalue weighted by Crippen LogP contribution is 2.07. The Balaban J connectivity index is 0.000000346. The Morgan fingerprint density at radius 2 is 1.53 bits per heavy atom. The first-order chi connectivity index (χ1) is 6.88. The van der Waals surface area contributed by atoms with E-state index in [0.717, 1.165) is 5.52 Å². The fourth-order valence-corrected chi connectivity index (χ4v) is 1.02. The molecule has 0 unspecified atom stereocenters. The Kier molecular flexibility index (Phi) is 7.20. The van der Waals surface area contributed by atoms with Gasteiger partial charge in [0.25, 0.3) is 0 Å². The molecule has 82 valence electrons. The number of benzene rings is 1. The van der Waals surface area contributed by atoms with Crippen molar-refractivity contribution >= 4 is 10.9 Å².